The third kappa shape index (κ3) is 3.32. The molecule has 6 nitrogen and oxygen atoms in total. The highest BCUT2D eigenvalue weighted by atomic mass is 16.4. The monoisotopic (exact) mass is 228 g/mol. The van der Waals surface area contributed by atoms with Gasteiger partial charge in [-0.05, 0) is 12.5 Å². The van der Waals surface area contributed by atoms with Crippen molar-refractivity contribution in [1.29, 1.82) is 0 Å². The van der Waals surface area contributed by atoms with Gasteiger partial charge in [-0.15, -0.1) is 0 Å². The van der Waals surface area contributed by atoms with Crippen LogP contribution in [0.25, 0.3) is 0 Å². The van der Waals surface area contributed by atoms with Gasteiger partial charge in [0.1, 0.15) is 5.57 Å². The van der Waals surface area contributed by atoms with Crippen molar-refractivity contribution in [3.05, 3.63) is 23.3 Å². The molecule has 0 spiro atoms. The number of rotatable bonds is 6. The van der Waals surface area contributed by atoms with E-state index >= 15 is 0 Å². The highest BCUT2D eigenvalue weighted by Crippen LogP contribution is 2.14. The van der Waals surface area contributed by atoms with Crippen molar-refractivity contribution in [1.82, 2.24) is 0 Å². The Labute approximate surface area is 91.5 Å². The zero-order chi connectivity index (χ0) is 12.9. The van der Waals surface area contributed by atoms with Crippen molar-refractivity contribution in [2.24, 2.45) is 0 Å². The normalized spacial score (nSPS) is 11.6. The lowest BCUT2D eigenvalue weighted by molar-refractivity contribution is -0.137. The van der Waals surface area contributed by atoms with E-state index < -0.39 is 41.9 Å². The summed E-state index contributed by atoms with van der Waals surface area (Å²) in [5.41, 5.74) is -1.55. The van der Waals surface area contributed by atoms with Gasteiger partial charge in [-0.25, -0.2) is 9.59 Å². The van der Waals surface area contributed by atoms with Crippen LogP contribution in [-0.2, 0) is 14.4 Å². The van der Waals surface area contributed by atoms with E-state index in [4.69, 9.17) is 15.3 Å². The van der Waals surface area contributed by atoms with Gasteiger partial charge in [0.25, 0.3) is 0 Å². The molecule has 3 N–H and O–H groups in total. The predicted octanol–water partition coefficient (Wildman–Crippen LogP) is -0.0202. The number of Topliss-reactive ketones (excluding diaryl/α,β-unsaturated/α-hetero) is 1. The number of carbonyl (C=O) groups excluding carboxylic acids is 1. The summed E-state index contributed by atoms with van der Waals surface area (Å²) in [6.45, 7) is 3.99. The van der Waals surface area contributed by atoms with Crippen LogP contribution in [0.2, 0.25) is 0 Å². The lowest BCUT2D eigenvalue weighted by Crippen LogP contribution is -2.20. The summed E-state index contributed by atoms with van der Waals surface area (Å²) in [5, 5.41) is 26.1. The van der Waals surface area contributed by atoms with Gasteiger partial charge in [0.2, 0.25) is 0 Å². The number of hydrogen-bond donors (Lipinski definition) is 3. The molecule has 0 saturated carbocycles. The molecule has 0 radical (unpaired) electrons. The number of aliphatic hydroxyl groups excluding tert-OH is 1. The number of ketones is 1. The van der Waals surface area contributed by atoms with Gasteiger partial charge in [0.15, 0.2) is 5.78 Å². The minimum Gasteiger partial charge on any atom is -0.478 e. The first kappa shape index (κ1) is 14.1. The van der Waals surface area contributed by atoms with Crippen LogP contribution in [0.3, 0.4) is 0 Å². The maximum absolute atomic E-state index is 11.4. The fourth-order valence-electron chi connectivity index (χ4n) is 1.03. The van der Waals surface area contributed by atoms with Crippen molar-refractivity contribution in [2.45, 2.75) is 13.3 Å². The Bertz CT molecular complexity index is 377. The Kier molecular flexibility index (Phi) is 5.11. The molecular weight excluding hydrogens is 216 g/mol. The van der Waals surface area contributed by atoms with Crippen molar-refractivity contribution in [3.63, 3.8) is 0 Å². The summed E-state index contributed by atoms with van der Waals surface area (Å²) < 4.78 is 0. The van der Waals surface area contributed by atoms with Gasteiger partial charge in [0, 0.05) is 13.0 Å². The molecule has 0 saturated heterocycles. The molecule has 0 heterocycles. The van der Waals surface area contributed by atoms with Crippen LogP contribution in [0.15, 0.2) is 23.3 Å². The van der Waals surface area contributed by atoms with E-state index in [1.54, 1.807) is 0 Å². The average molecular weight is 228 g/mol. The first-order valence-corrected chi connectivity index (χ1v) is 4.33. The van der Waals surface area contributed by atoms with E-state index in [2.05, 4.69) is 6.58 Å². The summed E-state index contributed by atoms with van der Waals surface area (Å²) in [7, 11) is 0. The van der Waals surface area contributed by atoms with Crippen LogP contribution < -0.4 is 0 Å². The zero-order valence-electron chi connectivity index (χ0n) is 8.69. The third-order valence-corrected chi connectivity index (χ3v) is 1.75. The molecule has 0 fully saturated rings. The molecule has 0 aromatic heterocycles. The predicted molar refractivity (Wildman–Crippen MR) is 53.8 cm³/mol. The standard InChI is InChI=1S/C10H12O6/c1-5(2)8(12)7(10(15)16)6(3-4-11)9(13)14/h11H,1,3-4H2,2H3,(H,13,14)(H,15,16)/b7-6-. The van der Waals surface area contributed by atoms with Crippen LogP contribution in [-0.4, -0.2) is 39.6 Å². The van der Waals surface area contributed by atoms with Gasteiger partial charge in [-0.3, -0.25) is 4.79 Å². The molecule has 0 atom stereocenters. The first-order valence-electron chi connectivity index (χ1n) is 4.33. The van der Waals surface area contributed by atoms with E-state index in [9.17, 15) is 14.4 Å². The molecular formula is C10H12O6. The molecule has 0 aromatic rings. The van der Waals surface area contributed by atoms with E-state index in [-0.39, 0.29) is 5.57 Å². The van der Waals surface area contributed by atoms with Gasteiger partial charge in [-0.1, -0.05) is 6.58 Å². The second kappa shape index (κ2) is 5.82. The molecule has 6 heteroatoms. The largest absolute Gasteiger partial charge is 0.478 e. The quantitative estimate of drug-likeness (QED) is 0.334. The highest BCUT2D eigenvalue weighted by Gasteiger charge is 2.26. The van der Waals surface area contributed by atoms with Crippen LogP contribution in [0.1, 0.15) is 13.3 Å². The van der Waals surface area contributed by atoms with Crippen molar-refractivity contribution in [2.75, 3.05) is 6.61 Å². The maximum Gasteiger partial charge on any atom is 0.340 e. The molecule has 0 aliphatic carbocycles. The summed E-state index contributed by atoms with van der Waals surface area (Å²) in [6.07, 6.45) is -0.407. The second-order valence-corrected chi connectivity index (χ2v) is 3.05. The van der Waals surface area contributed by atoms with Crippen molar-refractivity contribution in [3.8, 4) is 0 Å². The molecule has 0 rings (SSSR count). The van der Waals surface area contributed by atoms with E-state index in [1.165, 1.54) is 6.92 Å². The minimum absolute atomic E-state index is 0.0749. The number of carboxylic acids is 2. The molecule has 0 unspecified atom stereocenters. The third-order valence-electron chi connectivity index (χ3n) is 1.75. The first-order chi connectivity index (χ1) is 7.32. The number of aliphatic carboxylic acids is 2. The van der Waals surface area contributed by atoms with Crippen LogP contribution >= 0.6 is 0 Å². The maximum atomic E-state index is 11.4. The zero-order valence-corrected chi connectivity index (χ0v) is 8.69. The summed E-state index contributed by atoms with van der Waals surface area (Å²) >= 11 is 0. The SMILES string of the molecule is C=C(C)C(=O)/C(C(=O)O)=C(\CCO)C(=O)O. The van der Waals surface area contributed by atoms with Gasteiger partial charge < -0.3 is 15.3 Å². The summed E-state index contributed by atoms with van der Waals surface area (Å²) in [5.74, 6) is -4.13. The Balaban J connectivity index is 5.67. The topological polar surface area (TPSA) is 112 Å². The Morgan fingerprint density at radius 3 is 1.88 bits per heavy atom. The summed E-state index contributed by atoms with van der Waals surface area (Å²) in [4.78, 5) is 33.0. The smallest absolute Gasteiger partial charge is 0.340 e. The minimum atomic E-state index is -1.64. The van der Waals surface area contributed by atoms with Crippen molar-refractivity contribution >= 4 is 17.7 Å². The number of hydrogen-bond acceptors (Lipinski definition) is 4. The number of aliphatic hydroxyl groups is 1. The fourth-order valence-corrected chi connectivity index (χ4v) is 1.03. The van der Waals surface area contributed by atoms with Gasteiger partial charge >= 0.3 is 11.9 Å². The molecule has 0 aliphatic rings. The fraction of sp³-hybridized carbons (Fsp3) is 0.300. The Morgan fingerprint density at radius 2 is 1.62 bits per heavy atom. The molecule has 0 bridgehead atoms. The lowest BCUT2D eigenvalue weighted by atomic mass is 9.98. The van der Waals surface area contributed by atoms with Crippen LogP contribution in [0.5, 0.6) is 0 Å². The Hall–Kier alpha value is -1.95. The number of allylic oxidation sites excluding steroid dienone is 1. The second-order valence-electron chi connectivity index (χ2n) is 3.05. The Morgan fingerprint density at radius 1 is 1.12 bits per heavy atom. The molecule has 88 valence electrons. The van der Waals surface area contributed by atoms with Gasteiger partial charge in [-0.2, -0.15) is 0 Å². The van der Waals surface area contributed by atoms with E-state index in [0.717, 1.165) is 0 Å². The molecule has 0 amide bonds. The van der Waals surface area contributed by atoms with E-state index in [0.29, 0.717) is 0 Å². The molecule has 16 heavy (non-hydrogen) atoms. The summed E-state index contributed by atoms with van der Waals surface area (Å²) in [6, 6.07) is 0. The number of carbonyl (C=O) groups is 3. The van der Waals surface area contributed by atoms with Crippen molar-refractivity contribution < 1.29 is 29.7 Å². The molecule has 0 aliphatic heterocycles. The number of carboxylic acid groups (broad SMARTS) is 2. The van der Waals surface area contributed by atoms with E-state index in [1.807, 2.05) is 0 Å². The lowest BCUT2D eigenvalue weighted by Gasteiger charge is -2.06. The van der Waals surface area contributed by atoms with Gasteiger partial charge in [0.05, 0.1) is 5.57 Å². The van der Waals surface area contributed by atoms with Crippen LogP contribution in [0.4, 0.5) is 0 Å². The average Bonchev–Trinajstić information content (AvgIpc) is 2.15. The molecule has 0 aromatic carbocycles. The van der Waals surface area contributed by atoms with Crippen LogP contribution in [0, 0.1) is 0 Å². The highest BCUT2D eigenvalue weighted by molar-refractivity contribution is 6.26.